The number of hydrogen-bond donors (Lipinski definition) is 1. The van der Waals surface area contributed by atoms with Gasteiger partial charge in [-0.3, -0.25) is 0 Å². The number of hydrogen-bond acceptors (Lipinski definition) is 2. The lowest BCUT2D eigenvalue weighted by Crippen LogP contribution is -2.23. The van der Waals surface area contributed by atoms with Crippen molar-refractivity contribution in [3.8, 4) is 0 Å². The van der Waals surface area contributed by atoms with Gasteiger partial charge in [0, 0.05) is 11.6 Å². The van der Waals surface area contributed by atoms with E-state index in [1.165, 1.54) is 6.07 Å². The molecule has 0 saturated carbocycles. The van der Waals surface area contributed by atoms with Gasteiger partial charge in [-0.15, -0.1) is 0 Å². The fourth-order valence-electron chi connectivity index (χ4n) is 2.02. The lowest BCUT2D eigenvalue weighted by Gasteiger charge is -2.17. The van der Waals surface area contributed by atoms with Crippen LogP contribution in [-0.4, -0.2) is 6.54 Å². The molecule has 0 fully saturated rings. The zero-order chi connectivity index (χ0) is 13.8. The van der Waals surface area contributed by atoms with E-state index in [0.717, 1.165) is 18.2 Å². The van der Waals surface area contributed by atoms with Crippen molar-refractivity contribution in [1.82, 2.24) is 5.32 Å². The van der Waals surface area contributed by atoms with E-state index in [4.69, 9.17) is 4.42 Å². The third-order valence-corrected chi connectivity index (χ3v) is 3.57. The number of likely N-dealkylation sites (N-methyl/N-ethyl adjacent to an activating group) is 1. The van der Waals surface area contributed by atoms with Crippen molar-refractivity contribution in [2.45, 2.75) is 19.4 Å². The van der Waals surface area contributed by atoms with Crippen LogP contribution in [0.1, 0.15) is 24.1 Å². The number of halogens is 3. The van der Waals surface area contributed by atoms with E-state index in [2.05, 4.69) is 21.2 Å². The Hall–Kier alpha value is -1.20. The quantitative estimate of drug-likeness (QED) is 0.888. The van der Waals surface area contributed by atoms with Crippen molar-refractivity contribution in [3.63, 3.8) is 0 Å². The molecule has 2 aromatic rings. The molecule has 0 radical (unpaired) electrons. The molecule has 0 amide bonds. The van der Waals surface area contributed by atoms with Crippen LogP contribution in [-0.2, 0) is 6.42 Å². The molecule has 2 nitrogen and oxygen atoms in total. The molecular formula is C14H14BrF2NO. The van der Waals surface area contributed by atoms with Gasteiger partial charge in [-0.05, 0) is 46.6 Å². The van der Waals surface area contributed by atoms with E-state index < -0.39 is 11.6 Å². The van der Waals surface area contributed by atoms with E-state index >= 15 is 0 Å². The Kier molecular flexibility index (Phi) is 4.71. The first-order chi connectivity index (χ1) is 9.13. The van der Waals surface area contributed by atoms with Crippen LogP contribution in [0.5, 0.6) is 0 Å². The first-order valence-corrected chi connectivity index (χ1v) is 6.82. The number of furan rings is 1. The van der Waals surface area contributed by atoms with E-state index in [1.54, 1.807) is 12.3 Å². The maximum atomic E-state index is 13.7. The first-order valence-electron chi connectivity index (χ1n) is 6.02. The van der Waals surface area contributed by atoms with E-state index in [0.29, 0.717) is 16.7 Å². The van der Waals surface area contributed by atoms with Crippen LogP contribution in [0.3, 0.4) is 0 Å². The molecule has 1 atom stereocenters. The Morgan fingerprint density at radius 3 is 2.74 bits per heavy atom. The lowest BCUT2D eigenvalue weighted by atomic mass is 10.0. The SMILES string of the molecule is CCNC(Cc1cccc(F)c1F)c1ccoc1Br. The van der Waals surface area contributed by atoms with Crippen LogP contribution < -0.4 is 5.32 Å². The second-order valence-electron chi connectivity index (χ2n) is 4.18. The van der Waals surface area contributed by atoms with Crippen molar-refractivity contribution >= 4 is 15.9 Å². The van der Waals surface area contributed by atoms with Crippen LogP contribution in [0.15, 0.2) is 39.6 Å². The topological polar surface area (TPSA) is 25.2 Å². The highest BCUT2D eigenvalue weighted by atomic mass is 79.9. The zero-order valence-electron chi connectivity index (χ0n) is 10.4. The Morgan fingerprint density at radius 1 is 1.32 bits per heavy atom. The van der Waals surface area contributed by atoms with Gasteiger partial charge in [0.15, 0.2) is 16.3 Å². The van der Waals surface area contributed by atoms with Gasteiger partial charge >= 0.3 is 0 Å². The van der Waals surface area contributed by atoms with Gasteiger partial charge in [-0.25, -0.2) is 8.78 Å². The molecule has 0 aliphatic heterocycles. The Morgan fingerprint density at radius 2 is 2.11 bits per heavy atom. The van der Waals surface area contributed by atoms with Gasteiger partial charge in [0.05, 0.1) is 6.26 Å². The maximum absolute atomic E-state index is 13.7. The molecule has 0 bridgehead atoms. The summed E-state index contributed by atoms with van der Waals surface area (Å²) in [7, 11) is 0. The maximum Gasteiger partial charge on any atom is 0.173 e. The minimum absolute atomic E-state index is 0.130. The fraction of sp³-hybridized carbons (Fsp3) is 0.286. The molecule has 5 heteroatoms. The minimum Gasteiger partial charge on any atom is -0.457 e. The van der Waals surface area contributed by atoms with E-state index in [-0.39, 0.29) is 6.04 Å². The van der Waals surface area contributed by atoms with Crippen LogP contribution >= 0.6 is 15.9 Å². The largest absolute Gasteiger partial charge is 0.457 e. The monoisotopic (exact) mass is 329 g/mol. The Balaban J connectivity index is 2.27. The highest BCUT2D eigenvalue weighted by Crippen LogP contribution is 2.28. The summed E-state index contributed by atoms with van der Waals surface area (Å²) in [5.41, 5.74) is 1.24. The highest BCUT2D eigenvalue weighted by molar-refractivity contribution is 9.10. The molecule has 1 heterocycles. The van der Waals surface area contributed by atoms with Crippen LogP contribution in [0.4, 0.5) is 8.78 Å². The second kappa shape index (κ2) is 6.30. The number of rotatable bonds is 5. The predicted molar refractivity (Wildman–Crippen MR) is 72.9 cm³/mol. The fourth-order valence-corrected chi connectivity index (χ4v) is 2.53. The minimum atomic E-state index is -0.820. The third-order valence-electron chi connectivity index (χ3n) is 2.93. The van der Waals surface area contributed by atoms with Crippen molar-refractivity contribution in [1.29, 1.82) is 0 Å². The summed E-state index contributed by atoms with van der Waals surface area (Å²) in [5.74, 6) is -1.61. The van der Waals surface area contributed by atoms with Gasteiger partial charge in [0.1, 0.15) is 0 Å². The van der Waals surface area contributed by atoms with Crippen molar-refractivity contribution in [2.24, 2.45) is 0 Å². The summed E-state index contributed by atoms with van der Waals surface area (Å²) in [4.78, 5) is 0. The van der Waals surface area contributed by atoms with Crippen LogP contribution in [0.2, 0.25) is 0 Å². The van der Waals surface area contributed by atoms with Gasteiger partial charge in [0.2, 0.25) is 0 Å². The molecule has 0 aliphatic carbocycles. The summed E-state index contributed by atoms with van der Waals surface area (Å²) in [6, 6.07) is 5.91. The second-order valence-corrected chi connectivity index (χ2v) is 4.90. The molecule has 1 aromatic heterocycles. The number of nitrogens with one attached hydrogen (secondary N) is 1. The molecular weight excluding hydrogens is 316 g/mol. The van der Waals surface area contributed by atoms with Crippen LogP contribution in [0, 0.1) is 11.6 Å². The first kappa shape index (κ1) is 14.2. The van der Waals surface area contributed by atoms with Crippen LogP contribution in [0.25, 0.3) is 0 Å². The zero-order valence-corrected chi connectivity index (χ0v) is 12.0. The predicted octanol–water partition coefficient (Wildman–Crippen LogP) is 4.21. The van der Waals surface area contributed by atoms with Crippen molar-refractivity contribution in [2.75, 3.05) is 6.54 Å². The summed E-state index contributed by atoms with van der Waals surface area (Å²) in [6.45, 7) is 2.68. The van der Waals surface area contributed by atoms with Gasteiger partial charge in [-0.2, -0.15) is 0 Å². The molecule has 0 saturated heterocycles. The summed E-state index contributed by atoms with van der Waals surface area (Å²) < 4.78 is 32.7. The average Bonchev–Trinajstić information content (AvgIpc) is 2.80. The van der Waals surface area contributed by atoms with E-state index in [1.807, 2.05) is 13.0 Å². The molecule has 2 rings (SSSR count). The van der Waals surface area contributed by atoms with E-state index in [9.17, 15) is 8.78 Å². The summed E-state index contributed by atoms with van der Waals surface area (Å²) >= 11 is 3.31. The Labute approximate surface area is 118 Å². The highest BCUT2D eigenvalue weighted by Gasteiger charge is 2.19. The molecule has 102 valence electrons. The molecule has 1 aromatic carbocycles. The third kappa shape index (κ3) is 3.22. The molecule has 0 aliphatic rings. The summed E-state index contributed by atoms with van der Waals surface area (Å²) in [6.07, 6.45) is 1.92. The van der Waals surface area contributed by atoms with Crippen molar-refractivity contribution in [3.05, 3.63) is 58.0 Å². The van der Waals surface area contributed by atoms with Gasteiger partial charge < -0.3 is 9.73 Å². The van der Waals surface area contributed by atoms with Gasteiger partial charge in [0.25, 0.3) is 0 Å². The molecule has 1 unspecified atom stereocenters. The summed E-state index contributed by atoms with van der Waals surface area (Å²) in [5, 5.41) is 3.24. The van der Waals surface area contributed by atoms with Crippen molar-refractivity contribution < 1.29 is 13.2 Å². The smallest absolute Gasteiger partial charge is 0.173 e. The lowest BCUT2D eigenvalue weighted by molar-refractivity contribution is 0.475. The standard InChI is InChI=1S/C14H14BrF2NO/c1-2-18-12(10-6-7-19-14(10)15)8-9-4-3-5-11(16)13(9)17/h3-7,12,18H,2,8H2,1H3. The Bertz CT molecular complexity index is 556. The molecule has 19 heavy (non-hydrogen) atoms. The van der Waals surface area contributed by atoms with Gasteiger partial charge in [-0.1, -0.05) is 19.1 Å². The number of benzene rings is 1. The normalized spacial score (nSPS) is 12.6. The molecule has 1 N–H and O–H groups in total. The molecule has 0 spiro atoms. The average molecular weight is 330 g/mol.